The lowest BCUT2D eigenvalue weighted by Gasteiger charge is -2.38. The molecule has 2 unspecified atom stereocenters. The van der Waals surface area contributed by atoms with Crippen LogP contribution in [0.15, 0.2) is 0 Å². The Morgan fingerprint density at radius 2 is 2.15 bits per heavy atom. The molecule has 0 amide bonds. The average molecular weight is 186 g/mol. The summed E-state index contributed by atoms with van der Waals surface area (Å²) in [5.41, 5.74) is 0. The highest BCUT2D eigenvalue weighted by Crippen LogP contribution is 2.18. The predicted octanol–water partition coefficient (Wildman–Crippen LogP) is 1.17. The first-order valence-corrected chi connectivity index (χ1v) is 5.45. The Labute approximate surface area is 79.5 Å². The maximum atomic E-state index is 13.1. The monoisotopic (exact) mass is 186 g/mol. The highest BCUT2D eigenvalue weighted by Gasteiger charge is 2.26. The van der Waals surface area contributed by atoms with E-state index in [1.807, 2.05) is 0 Å². The van der Waals surface area contributed by atoms with E-state index in [0.29, 0.717) is 12.6 Å². The first-order chi connectivity index (χ1) is 6.36. The van der Waals surface area contributed by atoms with Crippen molar-refractivity contribution in [2.45, 2.75) is 37.9 Å². The van der Waals surface area contributed by atoms with Crippen molar-refractivity contribution in [3.8, 4) is 0 Å². The van der Waals surface area contributed by atoms with Crippen molar-refractivity contribution in [2.24, 2.45) is 0 Å². The second-order valence-electron chi connectivity index (χ2n) is 4.23. The van der Waals surface area contributed by atoms with Gasteiger partial charge in [-0.1, -0.05) is 0 Å². The molecule has 0 bridgehead atoms. The molecule has 3 heteroatoms. The Bertz CT molecular complexity index is 157. The van der Waals surface area contributed by atoms with Crippen molar-refractivity contribution < 1.29 is 4.39 Å². The zero-order valence-corrected chi connectivity index (χ0v) is 8.14. The molecule has 0 saturated carbocycles. The molecule has 2 rings (SSSR count). The van der Waals surface area contributed by atoms with E-state index < -0.39 is 6.17 Å². The van der Waals surface area contributed by atoms with Gasteiger partial charge in [-0.15, -0.1) is 0 Å². The summed E-state index contributed by atoms with van der Waals surface area (Å²) in [6, 6.07) is 0.604. The van der Waals surface area contributed by atoms with Crippen LogP contribution in [0.5, 0.6) is 0 Å². The van der Waals surface area contributed by atoms with E-state index in [9.17, 15) is 4.39 Å². The average Bonchev–Trinajstić information content (AvgIpc) is 2.19. The van der Waals surface area contributed by atoms with Crippen LogP contribution in [0.25, 0.3) is 0 Å². The molecule has 76 valence electrons. The lowest BCUT2D eigenvalue weighted by molar-refractivity contribution is 0.0859. The number of hydrogen-bond donors (Lipinski definition) is 1. The van der Waals surface area contributed by atoms with E-state index in [-0.39, 0.29) is 0 Å². The van der Waals surface area contributed by atoms with Crippen LogP contribution < -0.4 is 5.32 Å². The number of alkyl halides is 1. The van der Waals surface area contributed by atoms with Gasteiger partial charge in [0.15, 0.2) is 0 Å². The molecule has 0 aromatic heterocycles. The van der Waals surface area contributed by atoms with Gasteiger partial charge in [0.2, 0.25) is 0 Å². The van der Waals surface area contributed by atoms with Crippen molar-refractivity contribution in [3.05, 3.63) is 0 Å². The van der Waals surface area contributed by atoms with Crippen LogP contribution in [0.3, 0.4) is 0 Å². The second-order valence-corrected chi connectivity index (χ2v) is 4.23. The van der Waals surface area contributed by atoms with Crippen molar-refractivity contribution in [3.63, 3.8) is 0 Å². The third kappa shape index (κ3) is 2.41. The number of hydrogen-bond acceptors (Lipinski definition) is 2. The quantitative estimate of drug-likeness (QED) is 0.661. The van der Waals surface area contributed by atoms with E-state index >= 15 is 0 Å². The lowest BCUT2D eigenvalue weighted by atomic mass is 10.0. The number of nitrogens with zero attached hydrogens (tertiary/aromatic N) is 1. The maximum Gasteiger partial charge on any atom is 0.113 e. The van der Waals surface area contributed by atoms with Gasteiger partial charge in [-0.05, 0) is 38.8 Å². The van der Waals surface area contributed by atoms with Crippen LogP contribution >= 0.6 is 0 Å². The molecule has 13 heavy (non-hydrogen) atoms. The van der Waals surface area contributed by atoms with Crippen LogP contribution in [0, 0.1) is 0 Å². The smallest absolute Gasteiger partial charge is 0.113 e. The van der Waals surface area contributed by atoms with Crippen molar-refractivity contribution in [1.82, 2.24) is 10.2 Å². The molecule has 2 fully saturated rings. The van der Waals surface area contributed by atoms with Crippen LogP contribution in [0.2, 0.25) is 0 Å². The first-order valence-electron chi connectivity index (χ1n) is 5.45. The molecule has 0 aromatic carbocycles. The summed E-state index contributed by atoms with van der Waals surface area (Å²) in [5, 5.41) is 3.38. The van der Waals surface area contributed by atoms with E-state index in [4.69, 9.17) is 0 Å². The summed E-state index contributed by atoms with van der Waals surface area (Å²) in [7, 11) is 0. The zero-order valence-electron chi connectivity index (χ0n) is 8.14. The fourth-order valence-electron chi connectivity index (χ4n) is 2.43. The first kappa shape index (κ1) is 9.41. The third-order valence-electron chi connectivity index (χ3n) is 3.18. The number of halogens is 1. The van der Waals surface area contributed by atoms with Gasteiger partial charge in [0.1, 0.15) is 6.17 Å². The Balaban J connectivity index is 1.83. The van der Waals surface area contributed by atoms with Gasteiger partial charge in [0, 0.05) is 19.1 Å². The fourth-order valence-corrected chi connectivity index (χ4v) is 2.43. The standard InChI is InChI=1S/C10H19FN2/c11-9-3-2-6-13(8-9)10-4-1-5-12-7-10/h9-10,12H,1-8H2. The molecule has 2 nitrogen and oxygen atoms in total. The predicted molar refractivity (Wildman–Crippen MR) is 51.6 cm³/mol. The van der Waals surface area contributed by atoms with Crippen molar-refractivity contribution in [1.29, 1.82) is 0 Å². The Morgan fingerprint density at radius 1 is 1.23 bits per heavy atom. The molecule has 2 aliphatic heterocycles. The second kappa shape index (κ2) is 4.38. The third-order valence-corrected chi connectivity index (χ3v) is 3.18. The summed E-state index contributed by atoms with van der Waals surface area (Å²) < 4.78 is 13.1. The lowest BCUT2D eigenvalue weighted by Crippen LogP contribution is -2.50. The normalized spacial score (nSPS) is 37.6. The molecular formula is C10H19FN2. The minimum atomic E-state index is -0.573. The Kier molecular flexibility index (Phi) is 3.17. The highest BCUT2D eigenvalue weighted by atomic mass is 19.1. The van der Waals surface area contributed by atoms with Crippen LogP contribution in [-0.4, -0.2) is 43.3 Å². The van der Waals surface area contributed by atoms with Gasteiger partial charge in [-0.2, -0.15) is 0 Å². The molecule has 1 N–H and O–H groups in total. The molecule has 2 heterocycles. The Hall–Kier alpha value is -0.150. The summed E-state index contributed by atoms with van der Waals surface area (Å²) >= 11 is 0. The summed E-state index contributed by atoms with van der Waals surface area (Å²) in [5.74, 6) is 0. The minimum absolute atomic E-state index is 0.573. The van der Waals surface area contributed by atoms with Gasteiger partial charge in [-0.25, -0.2) is 4.39 Å². The van der Waals surface area contributed by atoms with Crippen LogP contribution in [-0.2, 0) is 0 Å². The van der Waals surface area contributed by atoms with E-state index in [1.54, 1.807) is 0 Å². The molecule has 0 radical (unpaired) electrons. The topological polar surface area (TPSA) is 15.3 Å². The number of likely N-dealkylation sites (tertiary alicyclic amines) is 1. The zero-order chi connectivity index (χ0) is 9.10. The summed E-state index contributed by atoms with van der Waals surface area (Å²) in [6.45, 7) is 3.98. The maximum absolute atomic E-state index is 13.1. The minimum Gasteiger partial charge on any atom is -0.315 e. The summed E-state index contributed by atoms with van der Waals surface area (Å²) in [4.78, 5) is 2.33. The molecule has 0 aliphatic carbocycles. The Morgan fingerprint density at radius 3 is 2.85 bits per heavy atom. The molecular weight excluding hydrogens is 167 g/mol. The fraction of sp³-hybridized carbons (Fsp3) is 1.00. The van der Waals surface area contributed by atoms with Gasteiger partial charge in [0.05, 0.1) is 0 Å². The molecule has 0 spiro atoms. The highest BCUT2D eigenvalue weighted by molar-refractivity contribution is 4.82. The van der Waals surface area contributed by atoms with E-state index in [0.717, 1.165) is 32.5 Å². The van der Waals surface area contributed by atoms with Gasteiger partial charge in [0.25, 0.3) is 0 Å². The molecule has 2 atom stereocenters. The van der Waals surface area contributed by atoms with E-state index in [2.05, 4.69) is 10.2 Å². The molecule has 2 aliphatic rings. The van der Waals surface area contributed by atoms with Gasteiger partial charge in [-0.3, -0.25) is 4.90 Å². The number of nitrogens with one attached hydrogen (secondary N) is 1. The van der Waals surface area contributed by atoms with Gasteiger partial charge < -0.3 is 5.32 Å². The van der Waals surface area contributed by atoms with Gasteiger partial charge >= 0.3 is 0 Å². The summed E-state index contributed by atoms with van der Waals surface area (Å²) in [6.07, 6.45) is 3.74. The molecule has 2 saturated heterocycles. The van der Waals surface area contributed by atoms with Crippen LogP contribution in [0.1, 0.15) is 25.7 Å². The van der Waals surface area contributed by atoms with E-state index in [1.165, 1.54) is 12.8 Å². The molecule has 0 aromatic rings. The number of rotatable bonds is 1. The van der Waals surface area contributed by atoms with Crippen molar-refractivity contribution in [2.75, 3.05) is 26.2 Å². The largest absolute Gasteiger partial charge is 0.315 e. The SMILES string of the molecule is FC1CCCN(C2CCCNC2)C1. The van der Waals surface area contributed by atoms with Crippen molar-refractivity contribution >= 4 is 0 Å². The number of piperidine rings is 2. The van der Waals surface area contributed by atoms with Crippen LogP contribution in [0.4, 0.5) is 4.39 Å².